The average Bonchev–Trinajstić information content (AvgIpc) is 2.65. The van der Waals surface area contributed by atoms with Gasteiger partial charge in [0.05, 0.1) is 7.11 Å². The lowest BCUT2D eigenvalue weighted by Crippen LogP contribution is -2.18. The lowest BCUT2D eigenvalue weighted by molar-refractivity contribution is 0.401. The van der Waals surface area contributed by atoms with Crippen molar-refractivity contribution >= 4 is 15.9 Å². The fourth-order valence-electron chi connectivity index (χ4n) is 2.31. The molecule has 0 saturated carbocycles. The Morgan fingerprint density at radius 1 is 1.53 bits per heavy atom. The van der Waals surface area contributed by atoms with E-state index in [1.54, 1.807) is 7.11 Å². The van der Waals surface area contributed by atoms with Crippen LogP contribution in [0.4, 0.5) is 0 Å². The van der Waals surface area contributed by atoms with Gasteiger partial charge in [-0.25, -0.2) is 0 Å². The number of ether oxygens (including phenoxy) is 1. The van der Waals surface area contributed by atoms with Gasteiger partial charge in [0, 0.05) is 16.1 Å². The molecule has 1 aliphatic carbocycles. The van der Waals surface area contributed by atoms with E-state index in [0.29, 0.717) is 6.04 Å². The number of nitrogens with one attached hydrogen (secondary N) is 1. The van der Waals surface area contributed by atoms with Crippen LogP contribution < -0.4 is 10.1 Å². The SMILES string of the molecule is CCNC1CCc2c(Br)ccc(OC)c21. The molecule has 1 N–H and O–H groups in total. The highest BCUT2D eigenvalue weighted by Crippen LogP contribution is 2.41. The van der Waals surface area contributed by atoms with Gasteiger partial charge in [0.25, 0.3) is 0 Å². The summed E-state index contributed by atoms with van der Waals surface area (Å²) in [5.74, 6) is 1.01. The molecule has 0 spiro atoms. The van der Waals surface area contributed by atoms with Crippen molar-refractivity contribution in [3.8, 4) is 5.75 Å². The molecule has 2 nitrogen and oxygen atoms in total. The van der Waals surface area contributed by atoms with Crippen molar-refractivity contribution in [1.82, 2.24) is 5.32 Å². The zero-order chi connectivity index (χ0) is 10.8. The molecule has 82 valence electrons. The van der Waals surface area contributed by atoms with Crippen molar-refractivity contribution in [2.24, 2.45) is 0 Å². The highest BCUT2D eigenvalue weighted by molar-refractivity contribution is 9.10. The van der Waals surface area contributed by atoms with Crippen LogP contribution in [0.25, 0.3) is 0 Å². The fraction of sp³-hybridized carbons (Fsp3) is 0.500. The van der Waals surface area contributed by atoms with Gasteiger partial charge in [-0.3, -0.25) is 0 Å². The first-order chi connectivity index (χ1) is 7.27. The summed E-state index contributed by atoms with van der Waals surface area (Å²) in [6.45, 7) is 3.14. The smallest absolute Gasteiger partial charge is 0.123 e. The van der Waals surface area contributed by atoms with E-state index < -0.39 is 0 Å². The molecule has 0 bridgehead atoms. The van der Waals surface area contributed by atoms with Gasteiger partial charge in [-0.1, -0.05) is 22.9 Å². The maximum absolute atomic E-state index is 5.43. The summed E-state index contributed by atoms with van der Waals surface area (Å²) in [5.41, 5.74) is 2.74. The maximum atomic E-state index is 5.43. The molecular weight excluding hydrogens is 254 g/mol. The first-order valence-electron chi connectivity index (χ1n) is 5.36. The second-order valence-electron chi connectivity index (χ2n) is 3.79. The van der Waals surface area contributed by atoms with Crippen LogP contribution in [0.3, 0.4) is 0 Å². The number of benzene rings is 1. The molecular formula is C12H16BrNO. The third kappa shape index (κ3) is 1.91. The Balaban J connectivity index is 2.43. The Kier molecular flexibility index (Phi) is 3.32. The Morgan fingerprint density at radius 2 is 2.33 bits per heavy atom. The molecule has 1 aromatic carbocycles. The Bertz CT molecular complexity index is 365. The van der Waals surface area contributed by atoms with Crippen LogP contribution in [-0.4, -0.2) is 13.7 Å². The number of methoxy groups -OCH3 is 1. The van der Waals surface area contributed by atoms with Gasteiger partial charge in [-0.15, -0.1) is 0 Å². The molecule has 0 aliphatic heterocycles. The van der Waals surface area contributed by atoms with E-state index in [9.17, 15) is 0 Å². The van der Waals surface area contributed by atoms with Crippen LogP contribution in [0.1, 0.15) is 30.5 Å². The van der Waals surface area contributed by atoms with Crippen molar-refractivity contribution in [3.05, 3.63) is 27.7 Å². The summed E-state index contributed by atoms with van der Waals surface area (Å²) in [7, 11) is 1.74. The van der Waals surface area contributed by atoms with Gasteiger partial charge in [0.1, 0.15) is 5.75 Å². The molecule has 0 fully saturated rings. The van der Waals surface area contributed by atoms with E-state index in [1.165, 1.54) is 22.0 Å². The first-order valence-corrected chi connectivity index (χ1v) is 6.15. The minimum Gasteiger partial charge on any atom is -0.496 e. The van der Waals surface area contributed by atoms with E-state index in [0.717, 1.165) is 18.7 Å². The van der Waals surface area contributed by atoms with Crippen LogP contribution in [0.2, 0.25) is 0 Å². The molecule has 3 heteroatoms. The van der Waals surface area contributed by atoms with Crippen molar-refractivity contribution < 1.29 is 4.74 Å². The second-order valence-corrected chi connectivity index (χ2v) is 4.65. The Labute approximate surface area is 99.1 Å². The van der Waals surface area contributed by atoms with E-state index in [2.05, 4.69) is 34.2 Å². The van der Waals surface area contributed by atoms with Crippen LogP contribution in [0, 0.1) is 0 Å². The van der Waals surface area contributed by atoms with Crippen molar-refractivity contribution in [2.75, 3.05) is 13.7 Å². The van der Waals surface area contributed by atoms with Gasteiger partial charge >= 0.3 is 0 Å². The molecule has 0 heterocycles. The monoisotopic (exact) mass is 269 g/mol. The van der Waals surface area contributed by atoms with Crippen LogP contribution in [-0.2, 0) is 6.42 Å². The van der Waals surface area contributed by atoms with Gasteiger partial charge in [-0.2, -0.15) is 0 Å². The number of hydrogen-bond acceptors (Lipinski definition) is 2. The number of halogens is 1. The lowest BCUT2D eigenvalue weighted by Gasteiger charge is -2.16. The van der Waals surface area contributed by atoms with Crippen LogP contribution in [0.15, 0.2) is 16.6 Å². The zero-order valence-electron chi connectivity index (χ0n) is 9.14. The topological polar surface area (TPSA) is 21.3 Å². The van der Waals surface area contributed by atoms with Gasteiger partial charge < -0.3 is 10.1 Å². The molecule has 0 amide bonds. The van der Waals surface area contributed by atoms with E-state index >= 15 is 0 Å². The summed E-state index contributed by atoms with van der Waals surface area (Å²) in [4.78, 5) is 0. The summed E-state index contributed by atoms with van der Waals surface area (Å²) < 4.78 is 6.63. The average molecular weight is 270 g/mol. The second kappa shape index (κ2) is 4.54. The fourth-order valence-corrected chi connectivity index (χ4v) is 2.86. The minimum atomic E-state index is 0.456. The van der Waals surface area contributed by atoms with E-state index in [-0.39, 0.29) is 0 Å². The quantitative estimate of drug-likeness (QED) is 0.911. The molecule has 0 radical (unpaired) electrons. The number of hydrogen-bond donors (Lipinski definition) is 1. The third-order valence-corrected chi connectivity index (χ3v) is 3.70. The first kappa shape index (κ1) is 11.0. The van der Waals surface area contributed by atoms with Crippen molar-refractivity contribution in [3.63, 3.8) is 0 Å². The molecule has 2 rings (SSSR count). The van der Waals surface area contributed by atoms with E-state index in [4.69, 9.17) is 4.74 Å². The lowest BCUT2D eigenvalue weighted by atomic mass is 10.1. The molecule has 15 heavy (non-hydrogen) atoms. The van der Waals surface area contributed by atoms with Crippen molar-refractivity contribution in [1.29, 1.82) is 0 Å². The third-order valence-electron chi connectivity index (χ3n) is 2.96. The Hall–Kier alpha value is -0.540. The molecule has 0 saturated heterocycles. The predicted molar refractivity (Wildman–Crippen MR) is 65.4 cm³/mol. The van der Waals surface area contributed by atoms with Gasteiger partial charge in [-0.05, 0) is 37.1 Å². The summed E-state index contributed by atoms with van der Waals surface area (Å²) in [6, 6.07) is 4.57. The summed E-state index contributed by atoms with van der Waals surface area (Å²) in [5, 5.41) is 3.50. The maximum Gasteiger partial charge on any atom is 0.123 e. The standard InChI is InChI=1S/C12H16BrNO/c1-3-14-10-6-4-8-9(13)5-7-11(15-2)12(8)10/h5,7,10,14H,3-4,6H2,1-2H3. The number of rotatable bonds is 3. The normalized spacial score (nSPS) is 19.0. The zero-order valence-corrected chi connectivity index (χ0v) is 10.7. The van der Waals surface area contributed by atoms with Crippen LogP contribution >= 0.6 is 15.9 Å². The molecule has 1 aliphatic rings. The van der Waals surface area contributed by atoms with Gasteiger partial charge in [0.2, 0.25) is 0 Å². The molecule has 1 unspecified atom stereocenters. The molecule has 1 atom stereocenters. The highest BCUT2D eigenvalue weighted by atomic mass is 79.9. The molecule has 1 aromatic rings. The van der Waals surface area contributed by atoms with Crippen LogP contribution in [0.5, 0.6) is 5.75 Å². The number of fused-ring (bicyclic) bond motifs is 1. The van der Waals surface area contributed by atoms with E-state index in [1.807, 2.05) is 6.07 Å². The van der Waals surface area contributed by atoms with Crippen molar-refractivity contribution in [2.45, 2.75) is 25.8 Å². The highest BCUT2D eigenvalue weighted by Gasteiger charge is 2.26. The Morgan fingerprint density at radius 3 is 3.00 bits per heavy atom. The minimum absolute atomic E-state index is 0.456. The summed E-state index contributed by atoms with van der Waals surface area (Å²) in [6.07, 6.45) is 2.30. The predicted octanol–water partition coefficient (Wildman–Crippen LogP) is 3.05. The summed E-state index contributed by atoms with van der Waals surface area (Å²) >= 11 is 3.61. The largest absolute Gasteiger partial charge is 0.496 e. The van der Waals surface area contributed by atoms with Gasteiger partial charge in [0.15, 0.2) is 0 Å². The molecule has 0 aromatic heterocycles.